The summed E-state index contributed by atoms with van der Waals surface area (Å²) in [6.07, 6.45) is 14.6. The molecule has 0 radical (unpaired) electrons. The molecule has 2 saturated carbocycles. The van der Waals surface area contributed by atoms with Crippen LogP contribution in [0.3, 0.4) is 0 Å². The Kier molecular flexibility index (Phi) is 7.01. The van der Waals surface area contributed by atoms with Crippen LogP contribution < -0.4 is 11.1 Å². The Labute approximate surface area is 130 Å². The molecule has 3 N–H and O–H groups in total. The Morgan fingerprint density at radius 1 is 0.905 bits per heavy atom. The molecule has 0 aliphatic heterocycles. The molecular formula is C18H34N2O. The highest BCUT2D eigenvalue weighted by Crippen LogP contribution is 2.29. The van der Waals surface area contributed by atoms with Crippen LogP contribution in [0.25, 0.3) is 0 Å². The van der Waals surface area contributed by atoms with E-state index in [-0.39, 0.29) is 12.0 Å². The van der Waals surface area contributed by atoms with Gasteiger partial charge in [0.2, 0.25) is 5.91 Å². The Bertz CT molecular complexity index is 308. The average molecular weight is 294 g/mol. The van der Waals surface area contributed by atoms with Crippen LogP contribution in [0, 0.1) is 11.8 Å². The van der Waals surface area contributed by atoms with E-state index < -0.39 is 0 Å². The highest BCUT2D eigenvalue weighted by atomic mass is 16.1. The molecule has 0 heterocycles. The first-order valence-corrected chi connectivity index (χ1v) is 9.22. The Morgan fingerprint density at radius 3 is 2.24 bits per heavy atom. The van der Waals surface area contributed by atoms with Crippen molar-refractivity contribution in [2.75, 3.05) is 0 Å². The molecule has 0 aromatic rings. The van der Waals surface area contributed by atoms with E-state index in [2.05, 4.69) is 12.2 Å². The molecule has 0 bridgehead atoms. The molecule has 2 fully saturated rings. The van der Waals surface area contributed by atoms with Gasteiger partial charge in [0.25, 0.3) is 0 Å². The third-order valence-corrected chi connectivity index (χ3v) is 5.58. The summed E-state index contributed by atoms with van der Waals surface area (Å²) < 4.78 is 0. The van der Waals surface area contributed by atoms with E-state index in [0.29, 0.717) is 17.9 Å². The molecule has 2 aliphatic carbocycles. The first-order chi connectivity index (χ1) is 10.2. The van der Waals surface area contributed by atoms with Gasteiger partial charge in [0, 0.05) is 18.0 Å². The van der Waals surface area contributed by atoms with Gasteiger partial charge >= 0.3 is 0 Å². The number of hydrogen-bond donors (Lipinski definition) is 2. The van der Waals surface area contributed by atoms with Crippen molar-refractivity contribution in [3.63, 3.8) is 0 Å². The normalized spacial score (nSPS) is 30.8. The standard InChI is InChI=1S/C18H34N2O/c1-14(19)15-8-7-9-16(13-12-15)18(21)20-17-10-5-3-2-4-6-11-17/h14-17H,2-13,19H2,1H3,(H,20,21). The van der Waals surface area contributed by atoms with Crippen molar-refractivity contribution >= 4 is 5.91 Å². The monoisotopic (exact) mass is 294 g/mol. The highest BCUT2D eigenvalue weighted by molar-refractivity contribution is 5.78. The zero-order chi connectivity index (χ0) is 15.1. The third-order valence-electron chi connectivity index (χ3n) is 5.58. The summed E-state index contributed by atoms with van der Waals surface area (Å²) in [5, 5.41) is 3.36. The lowest BCUT2D eigenvalue weighted by molar-refractivity contribution is -0.126. The van der Waals surface area contributed by atoms with Crippen LogP contribution >= 0.6 is 0 Å². The number of nitrogens with two attached hydrogens (primary N) is 1. The van der Waals surface area contributed by atoms with E-state index >= 15 is 0 Å². The van der Waals surface area contributed by atoms with Crippen molar-refractivity contribution in [1.29, 1.82) is 0 Å². The van der Waals surface area contributed by atoms with E-state index in [1.54, 1.807) is 0 Å². The van der Waals surface area contributed by atoms with E-state index in [1.165, 1.54) is 51.4 Å². The summed E-state index contributed by atoms with van der Waals surface area (Å²) in [6, 6.07) is 0.711. The summed E-state index contributed by atoms with van der Waals surface area (Å²) in [5.74, 6) is 1.18. The second kappa shape index (κ2) is 8.77. The number of rotatable bonds is 3. The van der Waals surface area contributed by atoms with Gasteiger partial charge in [0.05, 0.1) is 0 Å². The fourth-order valence-electron chi connectivity index (χ4n) is 4.04. The van der Waals surface area contributed by atoms with Crippen molar-refractivity contribution in [2.24, 2.45) is 17.6 Å². The summed E-state index contributed by atoms with van der Waals surface area (Å²) in [5.41, 5.74) is 6.04. The summed E-state index contributed by atoms with van der Waals surface area (Å²) in [6.45, 7) is 2.11. The van der Waals surface area contributed by atoms with Crippen LogP contribution in [0.5, 0.6) is 0 Å². The second-order valence-electron chi connectivity index (χ2n) is 7.38. The molecule has 3 heteroatoms. The molecule has 122 valence electrons. The second-order valence-corrected chi connectivity index (χ2v) is 7.38. The molecule has 0 spiro atoms. The number of nitrogens with one attached hydrogen (secondary N) is 1. The number of carbonyl (C=O) groups excluding carboxylic acids is 1. The Hall–Kier alpha value is -0.570. The average Bonchev–Trinajstić information content (AvgIpc) is 2.67. The smallest absolute Gasteiger partial charge is 0.223 e. The first-order valence-electron chi connectivity index (χ1n) is 9.22. The fourth-order valence-corrected chi connectivity index (χ4v) is 4.04. The van der Waals surface area contributed by atoms with Crippen LogP contribution in [0.4, 0.5) is 0 Å². The maximum Gasteiger partial charge on any atom is 0.223 e. The van der Waals surface area contributed by atoms with Gasteiger partial charge in [-0.3, -0.25) is 4.79 Å². The van der Waals surface area contributed by atoms with Crippen molar-refractivity contribution in [3.05, 3.63) is 0 Å². The largest absolute Gasteiger partial charge is 0.353 e. The van der Waals surface area contributed by atoms with Gasteiger partial charge in [-0.25, -0.2) is 0 Å². The molecule has 21 heavy (non-hydrogen) atoms. The molecule has 2 aliphatic rings. The van der Waals surface area contributed by atoms with Crippen LogP contribution in [0.2, 0.25) is 0 Å². The Morgan fingerprint density at radius 2 is 1.57 bits per heavy atom. The van der Waals surface area contributed by atoms with Crippen LogP contribution in [-0.2, 0) is 4.79 Å². The van der Waals surface area contributed by atoms with Crippen LogP contribution in [-0.4, -0.2) is 18.0 Å². The van der Waals surface area contributed by atoms with E-state index in [4.69, 9.17) is 5.73 Å². The molecule has 3 atom stereocenters. The molecule has 0 aromatic heterocycles. The van der Waals surface area contributed by atoms with Crippen LogP contribution in [0.15, 0.2) is 0 Å². The van der Waals surface area contributed by atoms with Gasteiger partial charge in [-0.1, -0.05) is 38.5 Å². The van der Waals surface area contributed by atoms with Gasteiger partial charge < -0.3 is 11.1 Å². The van der Waals surface area contributed by atoms with Crippen molar-refractivity contribution in [1.82, 2.24) is 5.32 Å². The van der Waals surface area contributed by atoms with Gasteiger partial charge in [-0.2, -0.15) is 0 Å². The SMILES string of the molecule is CC(N)C1CCCC(C(=O)NC2CCCCCCC2)CC1. The fraction of sp³-hybridized carbons (Fsp3) is 0.944. The molecule has 0 saturated heterocycles. The van der Waals surface area contributed by atoms with Crippen LogP contribution in [0.1, 0.15) is 84.0 Å². The van der Waals surface area contributed by atoms with E-state index in [9.17, 15) is 4.79 Å². The predicted molar refractivity (Wildman–Crippen MR) is 88.0 cm³/mol. The minimum atomic E-state index is 0.235. The first kappa shape index (κ1) is 16.8. The summed E-state index contributed by atoms with van der Waals surface area (Å²) >= 11 is 0. The quantitative estimate of drug-likeness (QED) is 0.779. The van der Waals surface area contributed by atoms with E-state index in [0.717, 1.165) is 25.7 Å². The third kappa shape index (κ3) is 5.61. The van der Waals surface area contributed by atoms with Crippen molar-refractivity contribution < 1.29 is 4.79 Å². The lowest BCUT2D eigenvalue weighted by Crippen LogP contribution is -2.39. The Balaban J connectivity index is 1.79. The zero-order valence-electron chi connectivity index (χ0n) is 13.8. The minimum absolute atomic E-state index is 0.235. The molecular weight excluding hydrogens is 260 g/mol. The molecule has 2 rings (SSSR count). The summed E-state index contributed by atoms with van der Waals surface area (Å²) in [4.78, 5) is 12.6. The molecule has 1 amide bonds. The lowest BCUT2D eigenvalue weighted by atomic mass is 9.92. The number of carbonyl (C=O) groups is 1. The van der Waals surface area contributed by atoms with Crippen molar-refractivity contribution in [3.8, 4) is 0 Å². The topological polar surface area (TPSA) is 55.1 Å². The predicted octanol–water partition coefficient (Wildman–Crippen LogP) is 3.76. The zero-order valence-corrected chi connectivity index (χ0v) is 13.8. The minimum Gasteiger partial charge on any atom is -0.353 e. The van der Waals surface area contributed by atoms with Gasteiger partial charge in [0.15, 0.2) is 0 Å². The van der Waals surface area contributed by atoms with Gasteiger partial charge in [0.1, 0.15) is 0 Å². The number of hydrogen-bond acceptors (Lipinski definition) is 2. The maximum atomic E-state index is 12.6. The highest BCUT2D eigenvalue weighted by Gasteiger charge is 2.26. The lowest BCUT2D eigenvalue weighted by Gasteiger charge is -2.24. The molecule has 0 aromatic carbocycles. The van der Waals surface area contributed by atoms with Gasteiger partial charge in [-0.05, 0) is 51.4 Å². The maximum absolute atomic E-state index is 12.6. The van der Waals surface area contributed by atoms with Gasteiger partial charge in [-0.15, -0.1) is 0 Å². The van der Waals surface area contributed by atoms with E-state index in [1.807, 2.05) is 0 Å². The van der Waals surface area contributed by atoms with Crippen molar-refractivity contribution in [2.45, 2.75) is 96.1 Å². The molecule has 3 unspecified atom stereocenters. The molecule has 3 nitrogen and oxygen atoms in total. The number of amides is 1. The summed E-state index contributed by atoms with van der Waals surface area (Å²) in [7, 11) is 0.